The van der Waals surface area contributed by atoms with Crippen LogP contribution in [-0.4, -0.2) is 24.4 Å². The monoisotopic (exact) mass is 188 g/mol. The van der Waals surface area contributed by atoms with Crippen molar-refractivity contribution in [2.24, 2.45) is 5.92 Å². The van der Waals surface area contributed by atoms with Crippen molar-refractivity contribution in [3.63, 3.8) is 0 Å². The number of hydrogen-bond acceptors (Lipinski definition) is 2. The summed E-state index contributed by atoms with van der Waals surface area (Å²) in [6, 6.07) is 0. The highest BCUT2D eigenvalue weighted by molar-refractivity contribution is 4.62. The van der Waals surface area contributed by atoms with Gasteiger partial charge < -0.3 is 9.84 Å². The zero-order valence-electron chi connectivity index (χ0n) is 9.25. The number of rotatable bonds is 8. The lowest BCUT2D eigenvalue weighted by atomic mass is 9.97. The smallest absolute Gasteiger partial charge is 0.0541 e. The first-order valence-electron chi connectivity index (χ1n) is 5.48. The summed E-state index contributed by atoms with van der Waals surface area (Å²) < 4.78 is 5.45. The number of aliphatic hydroxyl groups excluding tert-OH is 1. The zero-order valence-corrected chi connectivity index (χ0v) is 9.25. The number of ether oxygens (including phenoxy) is 1. The Hall–Kier alpha value is -0.0800. The van der Waals surface area contributed by atoms with Crippen molar-refractivity contribution in [1.29, 1.82) is 0 Å². The minimum absolute atomic E-state index is 0.195. The van der Waals surface area contributed by atoms with E-state index in [1.54, 1.807) is 0 Å². The van der Waals surface area contributed by atoms with Crippen molar-refractivity contribution in [2.75, 3.05) is 13.2 Å². The summed E-state index contributed by atoms with van der Waals surface area (Å²) in [7, 11) is 0. The Morgan fingerprint density at radius 2 is 1.92 bits per heavy atom. The topological polar surface area (TPSA) is 29.5 Å². The molecule has 0 aliphatic carbocycles. The molecule has 0 saturated carbocycles. The molecule has 0 rings (SSSR count). The molecule has 0 saturated heterocycles. The van der Waals surface area contributed by atoms with Gasteiger partial charge in [0.15, 0.2) is 0 Å². The van der Waals surface area contributed by atoms with Gasteiger partial charge in [0.05, 0.1) is 6.10 Å². The molecule has 0 aliphatic heterocycles. The average Bonchev–Trinajstić information content (AvgIpc) is 2.10. The molecule has 0 fully saturated rings. The Kier molecular flexibility index (Phi) is 8.46. The summed E-state index contributed by atoms with van der Waals surface area (Å²) in [6.45, 7) is 7.80. The maximum Gasteiger partial charge on any atom is 0.0541 e. The van der Waals surface area contributed by atoms with Gasteiger partial charge in [0.1, 0.15) is 0 Å². The van der Waals surface area contributed by atoms with Crippen LogP contribution in [0.3, 0.4) is 0 Å². The molecule has 0 heterocycles. The Labute approximate surface area is 82.3 Å². The van der Waals surface area contributed by atoms with E-state index in [1.807, 2.05) is 6.92 Å². The van der Waals surface area contributed by atoms with Gasteiger partial charge >= 0.3 is 0 Å². The number of unbranched alkanes of at least 4 members (excludes halogenated alkanes) is 1. The molecule has 2 heteroatoms. The van der Waals surface area contributed by atoms with Gasteiger partial charge in [-0.1, -0.05) is 26.7 Å². The average molecular weight is 188 g/mol. The summed E-state index contributed by atoms with van der Waals surface area (Å²) in [6.07, 6.45) is 4.16. The van der Waals surface area contributed by atoms with E-state index in [0.29, 0.717) is 5.92 Å². The van der Waals surface area contributed by atoms with Gasteiger partial charge in [-0.15, -0.1) is 0 Å². The van der Waals surface area contributed by atoms with Gasteiger partial charge in [0.25, 0.3) is 0 Å². The van der Waals surface area contributed by atoms with E-state index in [2.05, 4.69) is 13.8 Å². The lowest BCUT2D eigenvalue weighted by molar-refractivity contribution is 0.0720. The van der Waals surface area contributed by atoms with Crippen molar-refractivity contribution < 1.29 is 9.84 Å². The second-order valence-electron chi connectivity index (χ2n) is 3.66. The molecular formula is C11H24O2. The second kappa shape index (κ2) is 8.52. The maximum absolute atomic E-state index is 9.36. The molecule has 0 aromatic carbocycles. The van der Waals surface area contributed by atoms with Crippen LogP contribution in [0, 0.1) is 5.92 Å². The molecule has 0 amide bonds. The van der Waals surface area contributed by atoms with Gasteiger partial charge in [-0.25, -0.2) is 0 Å². The Bertz CT molecular complexity index is 102. The third-order valence-corrected chi connectivity index (χ3v) is 2.48. The molecule has 0 aliphatic rings. The molecular weight excluding hydrogens is 164 g/mol. The summed E-state index contributed by atoms with van der Waals surface area (Å²) >= 11 is 0. The van der Waals surface area contributed by atoms with Crippen molar-refractivity contribution in [3.05, 3.63) is 0 Å². The van der Waals surface area contributed by atoms with E-state index in [0.717, 1.165) is 32.5 Å². The van der Waals surface area contributed by atoms with Crippen molar-refractivity contribution in [1.82, 2.24) is 0 Å². The predicted octanol–water partition coefficient (Wildman–Crippen LogP) is 2.60. The zero-order chi connectivity index (χ0) is 10.1. The van der Waals surface area contributed by atoms with Gasteiger partial charge in [0, 0.05) is 13.2 Å². The highest BCUT2D eigenvalue weighted by atomic mass is 16.5. The third-order valence-electron chi connectivity index (χ3n) is 2.48. The molecule has 1 N–H and O–H groups in total. The summed E-state index contributed by atoms with van der Waals surface area (Å²) in [5, 5.41) is 9.36. The molecule has 2 atom stereocenters. The highest BCUT2D eigenvalue weighted by Gasteiger charge is 2.11. The van der Waals surface area contributed by atoms with Gasteiger partial charge in [-0.3, -0.25) is 0 Å². The molecule has 80 valence electrons. The van der Waals surface area contributed by atoms with Crippen LogP contribution in [0.1, 0.15) is 46.5 Å². The van der Waals surface area contributed by atoms with Gasteiger partial charge in [-0.2, -0.15) is 0 Å². The first-order chi connectivity index (χ1) is 6.22. The van der Waals surface area contributed by atoms with Crippen LogP contribution in [0.4, 0.5) is 0 Å². The SMILES string of the molecule is CCCCOCCC(CC)C(C)O. The molecule has 0 bridgehead atoms. The van der Waals surface area contributed by atoms with Crippen molar-refractivity contribution >= 4 is 0 Å². The quantitative estimate of drug-likeness (QED) is 0.593. The minimum atomic E-state index is -0.195. The highest BCUT2D eigenvalue weighted by Crippen LogP contribution is 2.13. The fraction of sp³-hybridized carbons (Fsp3) is 1.00. The van der Waals surface area contributed by atoms with Gasteiger partial charge in [0.2, 0.25) is 0 Å². The van der Waals surface area contributed by atoms with Crippen LogP contribution in [0.15, 0.2) is 0 Å². The molecule has 0 aromatic heterocycles. The van der Waals surface area contributed by atoms with Crippen LogP contribution < -0.4 is 0 Å². The first-order valence-corrected chi connectivity index (χ1v) is 5.48. The van der Waals surface area contributed by atoms with E-state index < -0.39 is 0 Å². The van der Waals surface area contributed by atoms with E-state index >= 15 is 0 Å². The van der Waals surface area contributed by atoms with Crippen LogP contribution in [-0.2, 0) is 4.74 Å². The molecule has 13 heavy (non-hydrogen) atoms. The first kappa shape index (κ1) is 12.9. The second-order valence-corrected chi connectivity index (χ2v) is 3.66. The lowest BCUT2D eigenvalue weighted by Crippen LogP contribution is -2.17. The largest absolute Gasteiger partial charge is 0.393 e. The predicted molar refractivity (Wildman–Crippen MR) is 55.8 cm³/mol. The molecule has 2 nitrogen and oxygen atoms in total. The fourth-order valence-electron chi connectivity index (χ4n) is 1.37. The summed E-state index contributed by atoms with van der Waals surface area (Å²) in [4.78, 5) is 0. The van der Waals surface area contributed by atoms with Gasteiger partial charge in [-0.05, 0) is 25.7 Å². The molecule has 2 unspecified atom stereocenters. The van der Waals surface area contributed by atoms with E-state index in [1.165, 1.54) is 6.42 Å². The summed E-state index contributed by atoms with van der Waals surface area (Å²) in [5.74, 6) is 0.404. The standard InChI is InChI=1S/C11H24O2/c1-4-6-8-13-9-7-11(5-2)10(3)12/h10-12H,4-9H2,1-3H3. The van der Waals surface area contributed by atoms with Crippen LogP contribution in [0.25, 0.3) is 0 Å². The fourth-order valence-corrected chi connectivity index (χ4v) is 1.37. The number of aliphatic hydroxyl groups is 1. The maximum atomic E-state index is 9.36. The van der Waals surface area contributed by atoms with Crippen LogP contribution in [0.2, 0.25) is 0 Å². The molecule has 0 spiro atoms. The van der Waals surface area contributed by atoms with Crippen LogP contribution in [0.5, 0.6) is 0 Å². The Morgan fingerprint density at radius 1 is 1.23 bits per heavy atom. The Morgan fingerprint density at radius 3 is 2.38 bits per heavy atom. The van der Waals surface area contributed by atoms with E-state index in [9.17, 15) is 5.11 Å². The van der Waals surface area contributed by atoms with E-state index in [-0.39, 0.29) is 6.10 Å². The molecule has 0 aromatic rings. The third kappa shape index (κ3) is 7.03. The molecule has 0 radical (unpaired) electrons. The van der Waals surface area contributed by atoms with Crippen molar-refractivity contribution in [2.45, 2.75) is 52.6 Å². The normalized spacial score (nSPS) is 15.7. The van der Waals surface area contributed by atoms with E-state index in [4.69, 9.17) is 4.74 Å². The lowest BCUT2D eigenvalue weighted by Gasteiger charge is -2.17. The Balaban J connectivity index is 3.28. The van der Waals surface area contributed by atoms with Crippen molar-refractivity contribution in [3.8, 4) is 0 Å². The summed E-state index contributed by atoms with van der Waals surface area (Å²) in [5.41, 5.74) is 0. The number of hydrogen-bond donors (Lipinski definition) is 1. The van der Waals surface area contributed by atoms with Crippen LogP contribution >= 0.6 is 0 Å². The minimum Gasteiger partial charge on any atom is -0.393 e.